The molecule has 1 aromatic carbocycles. The number of hydrogen-bond acceptors (Lipinski definition) is 5. The van der Waals surface area contributed by atoms with Crippen LogP contribution in [0.5, 0.6) is 0 Å². The summed E-state index contributed by atoms with van der Waals surface area (Å²) < 4.78 is 10.1. The molecular formula is C17H21NO6. The average molecular weight is 335 g/mol. The highest BCUT2D eigenvalue weighted by Crippen LogP contribution is 2.18. The predicted octanol–water partition coefficient (Wildman–Crippen LogP) is 2.86. The number of hydrogen-bond donors (Lipinski definition) is 1. The largest absolute Gasteiger partial charge is 0.480 e. The van der Waals surface area contributed by atoms with Crippen LogP contribution in [0.25, 0.3) is 0 Å². The van der Waals surface area contributed by atoms with Crippen molar-refractivity contribution < 1.29 is 29.0 Å². The first kappa shape index (κ1) is 19.2. The summed E-state index contributed by atoms with van der Waals surface area (Å²) in [4.78, 5) is 35.8. The number of aliphatic carboxylic acids is 1. The van der Waals surface area contributed by atoms with Gasteiger partial charge in [0.25, 0.3) is 0 Å². The summed E-state index contributed by atoms with van der Waals surface area (Å²) in [7, 11) is 0. The summed E-state index contributed by atoms with van der Waals surface area (Å²) in [5.41, 5.74) is -0.0401. The fourth-order valence-corrected chi connectivity index (χ4v) is 1.72. The van der Waals surface area contributed by atoms with Gasteiger partial charge in [0.05, 0.1) is 5.56 Å². The number of carboxylic acids is 1. The van der Waals surface area contributed by atoms with E-state index in [-0.39, 0.29) is 6.61 Å². The van der Waals surface area contributed by atoms with Gasteiger partial charge in [0.1, 0.15) is 18.8 Å². The Balaban J connectivity index is 2.96. The van der Waals surface area contributed by atoms with Crippen LogP contribution in [0.3, 0.4) is 0 Å². The van der Waals surface area contributed by atoms with Crippen LogP contribution in [-0.4, -0.2) is 41.9 Å². The lowest BCUT2D eigenvalue weighted by atomic mass is 10.1. The van der Waals surface area contributed by atoms with E-state index in [0.29, 0.717) is 11.3 Å². The standard InChI is InChI=1S/C17H21NO6/c1-5-10-23-16(22)18(11-14(19)20)13-8-6-12(7-9-13)15(21)24-17(2,3)4/h5-9H,1,10-11H2,2-4H3,(H,19,20). The molecule has 24 heavy (non-hydrogen) atoms. The molecule has 7 heteroatoms. The van der Waals surface area contributed by atoms with E-state index in [0.717, 1.165) is 4.90 Å². The average Bonchev–Trinajstić information content (AvgIpc) is 2.48. The summed E-state index contributed by atoms with van der Waals surface area (Å²) in [6.07, 6.45) is 0.560. The van der Waals surface area contributed by atoms with Crippen molar-refractivity contribution in [3.63, 3.8) is 0 Å². The number of carboxylic acid groups (broad SMARTS) is 1. The third-order valence-electron chi connectivity index (χ3n) is 2.65. The molecule has 130 valence electrons. The van der Waals surface area contributed by atoms with Gasteiger partial charge in [-0.15, -0.1) is 0 Å². The minimum Gasteiger partial charge on any atom is -0.480 e. The van der Waals surface area contributed by atoms with E-state index in [9.17, 15) is 14.4 Å². The van der Waals surface area contributed by atoms with Gasteiger partial charge in [0.15, 0.2) is 0 Å². The van der Waals surface area contributed by atoms with Crippen LogP contribution in [-0.2, 0) is 14.3 Å². The zero-order valence-electron chi connectivity index (χ0n) is 13.9. The van der Waals surface area contributed by atoms with Gasteiger partial charge in [-0.2, -0.15) is 0 Å². The number of carbonyl (C=O) groups is 3. The first-order chi connectivity index (χ1) is 11.1. The number of nitrogens with zero attached hydrogens (tertiary/aromatic N) is 1. The maximum atomic E-state index is 12.0. The zero-order valence-corrected chi connectivity index (χ0v) is 13.9. The number of anilines is 1. The fourth-order valence-electron chi connectivity index (χ4n) is 1.72. The Hall–Kier alpha value is -2.83. The Morgan fingerprint density at radius 1 is 1.21 bits per heavy atom. The molecule has 1 aromatic rings. The highest BCUT2D eigenvalue weighted by molar-refractivity contribution is 5.94. The Morgan fingerprint density at radius 2 is 1.79 bits per heavy atom. The molecule has 0 unspecified atom stereocenters. The number of esters is 1. The third-order valence-corrected chi connectivity index (χ3v) is 2.65. The number of rotatable bonds is 6. The zero-order chi connectivity index (χ0) is 18.3. The van der Waals surface area contributed by atoms with Gasteiger partial charge in [-0.25, -0.2) is 9.59 Å². The minimum absolute atomic E-state index is 0.0368. The fraction of sp³-hybridized carbons (Fsp3) is 0.353. The highest BCUT2D eigenvalue weighted by atomic mass is 16.6. The molecule has 0 aliphatic rings. The number of ether oxygens (including phenoxy) is 2. The van der Waals surface area contributed by atoms with Crippen LogP contribution < -0.4 is 4.90 Å². The normalized spacial score (nSPS) is 10.6. The molecule has 0 saturated carbocycles. The summed E-state index contributed by atoms with van der Waals surface area (Å²) in [6, 6.07) is 5.83. The quantitative estimate of drug-likeness (QED) is 0.635. The topological polar surface area (TPSA) is 93.1 Å². The molecular weight excluding hydrogens is 314 g/mol. The van der Waals surface area contributed by atoms with E-state index in [2.05, 4.69) is 6.58 Å². The maximum absolute atomic E-state index is 12.0. The second kappa shape index (κ2) is 8.14. The Morgan fingerprint density at radius 3 is 2.25 bits per heavy atom. The second-order valence-corrected chi connectivity index (χ2v) is 5.89. The molecule has 0 bridgehead atoms. The van der Waals surface area contributed by atoms with Crippen molar-refractivity contribution >= 4 is 23.7 Å². The van der Waals surface area contributed by atoms with Gasteiger partial charge >= 0.3 is 18.0 Å². The van der Waals surface area contributed by atoms with Crippen LogP contribution in [0.2, 0.25) is 0 Å². The van der Waals surface area contributed by atoms with E-state index < -0.39 is 30.2 Å². The summed E-state index contributed by atoms with van der Waals surface area (Å²) in [6.45, 7) is 8.08. The molecule has 0 fully saturated rings. The number of benzene rings is 1. The molecule has 0 radical (unpaired) electrons. The lowest BCUT2D eigenvalue weighted by molar-refractivity contribution is -0.135. The second-order valence-electron chi connectivity index (χ2n) is 5.89. The van der Waals surface area contributed by atoms with E-state index in [4.69, 9.17) is 14.6 Å². The molecule has 1 amide bonds. The van der Waals surface area contributed by atoms with Gasteiger partial charge in [0.2, 0.25) is 0 Å². The van der Waals surface area contributed by atoms with Crippen molar-refractivity contribution in [2.45, 2.75) is 26.4 Å². The molecule has 1 rings (SSSR count). The van der Waals surface area contributed by atoms with Crippen LogP contribution in [0.4, 0.5) is 10.5 Å². The van der Waals surface area contributed by atoms with Crippen LogP contribution in [0, 0.1) is 0 Å². The van der Waals surface area contributed by atoms with Crippen molar-refractivity contribution in [2.24, 2.45) is 0 Å². The lowest BCUT2D eigenvalue weighted by Crippen LogP contribution is -2.36. The Bertz CT molecular complexity index is 615. The first-order valence-corrected chi connectivity index (χ1v) is 7.24. The predicted molar refractivity (Wildman–Crippen MR) is 88.1 cm³/mol. The maximum Gasteiger partial charge on any atom is 0.415 e. The molecule has 0 heterocycles. The van der Waals surface area contributed by atoms with E-state index in [1.165, 1.54) is 30.3 Å². The molecule has 0 spiro atoms. The smallest absolute Gasteiger partial charge is 0.415 e. The Labute approximate surface area is 140 Å². The van der Waals surface area contributed by atoms with E-state index in [1.54, 1.807) is 20.8 Å². The molecule has 0 aliphatic heterocycles. The van der Waals surface area contributed by atoms with Crippen molar-refractivity contribution in [2.75, 3.05) is 18.1 Å². The van der Waals surface area contributed by atoms with Crippen LogP contribution >= 0.6 is 0 Å². The van der Waals surface area contributed by atoms with Gasteiger partial charge in [-0.05, 0) is 45.0 Å². The first-order valence-electron chi connectivity index (χ1n) is 7.24. The highest BCUT2D eigenvalue weighted by Gasteiger charge is 2.22. The molecule has 0 saturated heterocycles. The van der Waals surface area contributed by atoms with Gasteiger partial charge < -0.3 is 14.6 Å². The molecule has 0 aliphatic carbocycles. The lowest BCUT2D eigenvalue weighted by Gasteiger charge is -2.21. The Kier molecular flexibility index (Phi) is 6.52. The summed E-state index contributed by atoms with van der Waals surface area (Å²) in [5, 5.41) is 8.95. The number of carbonyl (C=O) groups excluding carboxylic acids is 2. The molecule has 7 nitrogen and oxygen atoms in total. The molecule has 0 atom stereocenters. The van der Waals surface area contributed by atoms with E-state index >= 15 is 0 Å². The molecule has 1 N–H and O–H groups in total. The van der Waals surface area contributed by atoms with Gasteiger partial charge in [-0.1, -0.05) is 12.7 Å². The third kappa shape index (κ3) is 6.12. The SMILES string of the molecule is C=CCOC(=O)N(CC(=O)O)c1ccc(C(=O)OC(C)(C)C)cc1. The molecule has 0 aromatic heterocycles. The van der Waals surface area contributed by atoms with Gasteiger partial charge in [-0.3, -0.25) is 9.69 Å². The van der Waals surface area contributed by atoms with Crippen molar-refractivity contribution in [3.8, 4) is 0 Å². The minimum atomic E-state index is -1.19. The van der Waals surface area contributed by atoms with Crippen molar-refractivity contribution in [1.29, 1.82) is 0 Å². The summed E-state index contributed by atoms with van der Waals surface area (Å²) in [5.74, 6) is -1.70. The van der Waals surface area contributed by atoms with Crippen molar-refractivity contribution in [3.05, 3.63) is 42.5 Å². The van der Waals surface area contributed by atoms with Crippen molar-refractivity contribution in [1.82, 2.24) is 0 Å². The summed E-state index contributed by atoms with van der Waals surface area (Å²) >= 11 is 0. The monoisotopic (exact) mass is 335 g/mol. The number of amides is 1. The van der Waals surface area contributed by atoms with E-state index in [1.807, 2.05) is 0 Å². The van der Waals surface area contributed by atoms with Crippen LogP contribution in [0.15, 0.2) is 36.9 Å². The van der Waals surface area contributed by atoms with Crippen LogP contribution in [0.1, 0.15) is 31.1 Å². The van der Waals surface area contributed by atoms with Gasteiger partial charge in [0, 0.05) is 5.69 Å².